The summed E-state index contributed by atoms with van der Waals surface area (Å²) in [7, 11) is 0. The first kappa shape index (κ1) is 15.3. The molecule has 2 aromatic rings. The fourth-order valence-electron chi connectivity index (χ4n) is 1.80. The first-order chi connectivity index (χ1) is 9.90. The molecule has 21 heavy (non-hydrogen) atoms. The number of carbonyl (C=O) groups is 1. The summed E-state index contributed by atoms with van der Waals surface area (Å²) in [6.07, 6.45) is 0. The molecule has 0 bridgehead atoms. The Kier molecular flexibility index (Phi) is 4.45. The van der Waals surface area contributed by atoms with E-state index in [4.69, 9.17) is 23.2 Å². The van der Waals surface area contributed by atoms with Crippen LogP contribution in [0.25, 0.3) is 0 Å². The van der Waals surface area contributed by atoms with Gasteiger partial charge in [-0.3, -0.25) is 14.9 Å². The monoisotopic (exact) mass is 324 g/mol. The fraction of sp³-hybridized carbons (Fsp3) is 0.0714. The first-order valence-corrected chi connectivity index (χ1v) is 6.66. The maximum atomic E-state index is 12.2. The Hall–Kier alpha value is -2.11. The van der Waals surface area contributed by atoms with Gasteiger partial charge in [0.05, 0.1) is 20.5 Å². The van der Waals surface area contributed by atoms with E-state index >= 15 is 0 Å². The lowest BCUT2D eigenvalue weighted by molar-refractivity contribution is -0.384. The highest BCUT2D eigenvalue weighted by molar-refractivity contribution is 6.40. The molecule has 0 aliphatic rings. The van der Waals surface area contributed by atoms with E-state index in [1.54, 1.807) is 19.1 Å². The molecule has 0 radical (unpaired) electrons. The lowest BCUT2D eigenvalue weighted by Gasteiger charge is -2.09. The predicted octanol–water partition coefficient (Wildman–Crippen LogP) is 4.46. The third kappa shape index (κ3) is 3.32. The number of hydrogen-bond donors (Lipinski definition) is 1. The molecule has 0 unspecified atom stereocenters. The number of anilines is 1. The molecule has 2 aromatic carbocycles. The van der Waals surface area contributed by atoms with Gasteiger partial charge in [0, 0.05) is 6.07 Å². The van der Waals surface area contributed by atoms with Gasteiger partial charge in [0.1, 0.15) is 5.69 Å². The quantitative estimate of drug-likeness (QED) is 0.669. The van der Waals surface area contributed by atoms with Crippen LogP contribution in [-0.4, -0.2) is 10.8 Å². The summed E-state index contributed by atoms with van der Waals surface area (Å²) in [5.74, 6) is -0.599. The fourth-order valence-corrected chi connectivity index (χ4v) is 2.37. The number of aryl methyl sites for hydroxylation is 1. The lowest BCUT2D eigenvalue weighted by Crippen LogP contribution is -2.14. The number of nitro groups is 1. The van der Waals surface area contributed by atoms with Crippen LogP contribution in [0.4, 0.5) is 11.4 Å². The van der Waals surface area contributed by atoms with E-state index in [1.807, 2.05) is 0 Å². The molecule has 0 saturated heterocycles. The first-order valence-electron chi connectivity index (χ1n) is 5.90. The molecule has 0 heterocycles. The zero-order chi connectivity index (χ0) is 15.6. The van der Waals surface area contributed by atoms with Crippen LogP contribution in [0.15, 0.2) is 36.4 Å². The molecule has 0 aromatic heterocycles. The smallest absolute Gasteiger partial charge is 0.293 e. The second kappa shape index (κ2) is 6.11. The highest BCUT2D eigenvalue weighted by Crippen LogP contribution is 2.29. The average molecular weight is 325 g/mol. The Morgan fingerprint density at radius 2 is 1.81 bits per heavy atom. The summed E-state index contributed by atoms with van der Waals surface area (Å²) in [6.45, 7) is 1.73. The van der Waals surface area contributed by atoms with Gasteiger partial charge in [-0.15, -0.1) is 0 Å². The number of halogens is 2. The van der Waals surface area contributed by atoms with Crippen molar-refractivity contribution in [2.75, 3.05) is 5.32 Å². The number of rotatable bonds is 3. The summed E-state index contributed by atoms with van der Waals surface area (Å²) in [5.41, 5.74) is 0.698. The minimum atomic E-state index is -0.599. The Labute approximate surface area is 130 Å². The van der Waals surface area contributed by atoms with Gasteiger partial charge in [-0.1, -0.05) is 35.3 Å². The van der Waals surface area contributed by atoms with E-state index in [0.717, 1.165) is 5.56 Å². The maximum absolute atomic E-state index is 12.2. The van der Waals surface area contributed by atoms with Crippen molar-refractivity contribution in [1.82, 2.24) is 0 Å². The molecule has 0 saturated carbocycles. The van der Waals surface area contributed by atoms with Gasteiger partial charge >= 0.3 is 0 Å². The molecule has 1 amide bonds. The summed E-state index contributed by atoms with van der Waals surface area (Å²) in [5, 5.41) is 13.8. The van der Waals surface area contributed by atoms with E-state index < -0.39 is 10.8 Å². The number of hydrogen-bond acceptors (Lipinski definition) is 3. The van der Waals surface area contributed by atoms with Crippen LogP contribution in [0.3, 0.4) is 0 Å². The molecule has 0 spiro atoms. The third-order valence-corrected chi connectivity index (χ3v) is 3.42. The molecule has 0 aliphatic heterocycles. The Balaban J connectivity index is 2.39. The number of carbonyl (C=O) groups excluding carboxylic acids is 1. The summed E-state index contributed by atoms with van der Waals surface area (Å²) < 4.78 is 0. The van der Waals surface area contributed by atoms with Crippen LogP contribution in [-0.2, 0) is 0 Å². The Morgan fingerprint density at radius 1 is 1.19 bits per heavy atom. The van der Waals surface area contributed by atoms with Gasteiger partial charge in [0.25, 0.3) is 11.6 Å². The van der Waals surface area contributed by atoms with Gasteiger partial charge in [-0.05, 0) is 30.7 Å². The molecule has 5 nitrogen and oxygen atoms in total. The van der Waals surface area contributed by atoms with Crippen LogP contribution in [0.5, 0.6) is 0 Å². The van der Waals surface area contributed by atoms with Crippen molar-refractivity contribution in [2.45, 2.75) is 6.92 Å². The number of nitrogens with zero attached hydrogens (tertiary/aromatic N) is 1. The molecule has 7 heteroatoms. The second-order valence-electron chi connectivity index (χ2n) is 4.33. The third-order valence-electron chi connectivity index (χ3n) is 2.79. The molecular formula is C14H10Cl2N2O3. The van der Waals surface area contributed by atoms with Crippen LogP contribution >= 0.6 is 23.2 Å². The van der Waals surface area contributed by atoms with Crippen molar-refractivity contribution in [1.29, 1.82) is 0 Å². The molecule has 108 valence electrons. The number of amides is 1. The van der Waals surface area contributed by atoms with Crippen molar-refractivity contribution < 1.29 is 9.72 Å². The number of nitro benzene ring substituents is 1. The molecule has 2 rings (SSSR count). The van der Waals surface area contributed by atoms with Crippen molar-refractivity contribution in [3.63, 3.8) is 0 Å². The Bertz CT molecular complexity index is 712. The molecule has 1 N–H and O–H groups in total. The summed E-state index contributed by atoms with van der Waals surface area (Å²) >= 11 is 11.9. The second-order valence-corrected chi connectivity index (χ2v) is 5.14. The number of benzene rings is 2. The molecular weight excluding hydrogens is 315 g/mol. The van der Waals surface area contributed by atoms with E-state index in [-0.39, 0.29) is 27.0 Å². The minimum Gasteiger partial charge on any atom is -0.316 e. The van der Waals surface area contributed by atoms with Crippen molar-refractivity contribution in [3.05, 3.63) is 67.7 Å². The van der Waals surface area contributed by atoms with Crippen molar-refractivity contribution in [3.8, 4) is 0 Å². The highest BCUT2D eigenvalue weighted by atomic mass is 35.5. The average Bonchev–Trinajstić information content (AvgIpc) is 2.40. The molecule has 0 aliphatic carbocycles. The van der Waals surface area contributed by atoms with Crippen LogP contribution in [0.2, 0.25) is 10.0 Å². The largest absolute Gasteiger partial charge is 0.316 e. The van der Waals surface area contributed by atoms with Gasteiger partial charge in [0.2, 0.25) is 0 Å². The van der Waals surface area contributed by atoms with E-state index in [0.29, 0.717) is 0 Å². The van der Waals surface area contributed by atoms with Crippen LogP contribution < -0.4 is 5.32 Å². The number of nitrogens with one attached hydrogen (secondary N) is 1. The Morgan fingerprint density at radius 3 is 2.38 bits per heavy atom. The van der Waals surface area contributed by atoms with Crippen LogP contribution in [0.1, 0.15) is 15.9 Å². The zero-order valence-electron chi connectivity index (χ0n) is 10.9. The highest BCUT2D eigenvalue weighted by Gasteiger charge is 2.19. The normalized spacial score (nSPS) is 10.2. The van der Waals surface area contributed by atoms with Crippen molar-refractivity contribution >= 4 is 40.5 Å². The van der Waals surface area contributed by atoms with Crippen molar-refractivity contribution in [2.24, 2.45) is 0 Å². The predicted molar refractivity (Wildman–Crippen MR) is 82.2 cm³/mol. The maximum Gasteiger partial charge on any atom is 0.293 e. The lowest BCUT2D eigenvalue weighted by atomic mass is 10.1. The van der Waals surface area contributed by atoms with E-state index in [9.17, 15) is 14.9 Å². The van der Waals surface area contributed by atoms with E-state index in [2.05, 4.69) is 5.32 Å². The van der Waals surface area contributed by atoms with Gasteiger partial charge in [-0.25, -0.2) is 0 Å². The SMILES string of the molecule is Cc1ccc(NC(=O)c2c(Cl)cccc2Cl)c([N+](=O)[O-])c1. The summed E-state index contributed by atoms with van der Waals surface area (Å²) in [6, 6.07) is 9.16. The van der Waals surface area contributed by atoms with Crippen LogP contribution in [0, 0.1) is 17.0 Å². The topological polar surface area (TPSA) is 72.2 Å². The van der Waals surface area contributed by atoms with Gasteiger partial charge in [0.15, 0.2) is 0 Å². The minimum absolute atomic E-state index is 0.0794. The standard InChI is InChI=1S/C14H10Cl2N2O3/c1-8-5-6-11(12(7-8)18(20)21)17-14(19)13-9(15)3-2-4-10(13)16/h2-7H,1H3,(H,17,19). The van der Waals surface area contributed by atoms with E-state index in [1.165, 1.54) is 24.3 Å². The zero-order valence-corrected chi connectivity index (χ0v) is 12.4. The van der Waals surface area contributed by atoms with Gasteiger partial charge in [-0.2, -0.15) is 0 Å². The summed E-state index contributed by atoms with van der Waals surface area (Å²) in [4.78, 5) is 22.7. The molecule has 0 atom stereocenters. The molecule has 0 fully saturated rings. The van der Waals surface area contributed by atoms with Gasteiger partial charge < -0.3 is 5.32 Å².